The fraction of sp³-hybridized carbons (Fsp3) is 0.385. The van der Waals surface area contributed by atoms with E-state index in [2.05, 4.69) is 16.9 Å². The maximum atomic E-state index is 13.8. The highest BCUT2D eigenvalue weighted by atomic mass is 19.1. The summed E-state index contributed by atoms with van der Waals surface area (Å²) in [6.07, 6.45) is 5.35. The van der Waals surface area contributed by atoms with Gasteiger partial charge in [-0.3, -0.25) is 0 Å². The van der Waals surface area contributed by atoms with Gasteiger partial charge in [-0.25, -0.2) is 14.4 Å². The molecule has 0 saturated carbocycles. The van der Waals surface area contributed by atoms with E-state index in [1.807, 2.05) is 74.8 Å². The van der Waals surface area contributed by atoms with Crippen molar-refractivity contribution in [3.05, 3.63) is 60.9 Å². The number of benzene rings is 2. The van der Waals surface area contributed by atoms with Crippen LogP contribution in [-0.2, 0) is 0 Å². The minimum atomic E-state index is -0.947. The molecule has 0 spiro atoms. The number of alkyl halides is 1. The molecule has 31 heavy (non-hydrogen) atoms. The van der Waals surface area contributed by atoms with Crippen LogP contribution < -0.4 is 9.47 Å². The summed E-state index contributed by atoms with van der Waals surface area (Å²) in [5, 5.41) is 0. The molecule has 1 heterocycles. The van der Waals surface area contributed by atoms with Gasteiger partial charge in [-0.15, -0.1) is 0 Å². The second kappa shape index (κ2) is 11.4. The monoisotopic (exact) mass is 422 g/mol. The first kappa shape index (κ1) is 22.7. The lowest BCUT2D eigenvalue weighted by Crippen LogP contribution is -2.15. The third-order valence-corrected chi connectivity index (χ3v) is 4.88. The van der Waals surface area contributed by atoms with E-state index in [1.54, 1.807) is 0 Å². The molecule has 0 bridgehead atoms. The summed E-state index contributed by atoms with van der Waals surface area (Å²) < 4.78 is 25.1. The molecule has 0 radical (unpaired) electrons. The van der Waals surface area contributed by atoms with Crippen LogP contribution in [-0.4, -0.2) is 29.4 Å². The van der Waals surface area contributed by atoms with E-state index in [4.69, 9.17) is 9.47 Å². The predicted octanol–water partition coefficient (Wildman–Crippen LogP) is 6.75. The average molecular weight is 423 g/mol. The van der Waals surface area contributed by atoms with Gasteiger partial charge in [0.05, 0.1) is 6.61 Å². The van der Waals surface area contributed by atoms with E-state index in [0.717, 1.165) is 41.9 Å². The Morgan fingerprint density at radius 3 is 1.97 bits per heavy atom. The Kier molecular flexibility index (Phi) is 8.39. The van der Waals surface area contributed by atoms with Crippen molar-refractivity contribution in [2.24, 2.45) is 5.92 Å². The molecule has 0 aliphatic carbocycles. The minimum absolute atomic E-state index is 0.0811. The molecule has 1 unspecified atom stereocenters. The van der Waals surface area contributed by atoms with Crippen LogP contribution in [0.15, 0.2) is 60.9 Å². The number of hydrogen-bond acceptors (Lipinski definition) is 4. The number of halogens is 1. The lowest BCUT2D eigenvalue weighted by molar-refractivity contribution is 0.174. The molecule has 4 nitrogen and oxygen atoms in total. The summed E-state index contributed by atoms with van der Waals surface area (Å²) in [5.74, 6) is 2.51. The van der Waals surface area contributed by atoms with Crippen LogP contribution in [0, 0.1) is 5.92 Å². The van der Waals surface area contributed by atoms with Crippen molar-refractivity contribution in [3.63, 3.8) is 0 Å². The van der Waals surface area contributed by atoms with E-state index in [1.165, 1.54) is 0 Å². The summed E-state index contributed by atoms with van der Waals surface area (Å²) in [7, 11) is 0. The molecule has 0 fully saturated rings. The Hall–Kier alpha value is -2.95. The van der Waals surface area contributed by atoms with E-state index in [0.29, 0.717) is 23.9 Å². The zero-order valence-corrected chi connectivity index (χ0v) is 18.6. The van der Waals surface area contributed by atoms with Crippen LogP contribution in [0.4, 0.5) is 4.39 Å². The smallest absolute Gasteiger partial charge is 0.159 e. The lowest BCUT2D eigenvalue weighted by Gasteiger charge is -2.12. The molecule has 0 N–H and O–H groups in total. The number of rotatable bonds is 11. The van der Waals surface area contributed by atoms with Crippen molar-refractivity contribution in [2.45, 2.75) is 46.2 Å². The van der Waals surface area contributed by atoms with Gasteiger partial charge in [0.2, 0.25) is 0 Å². The normalized spacial score (nSPS) is 12.0. The fourth-order valence-electron chi connectivity index (χ4n) is 3.17. The summed E-state index contributed by atoms with van der Waals surface area (Å²) >= 11 is 0. The second-order valence-corrected chi connectivity index (χ2v) is 8.08. The van der Waals surface area contributed by atoms with E-state index in [-0.39, 0.29) is 6.61 Å². The Morgan fingerprint density at radius 2 is 1.39 bits per heavy atom. The van der Waals surface area contributed by atoms with Gasteiger partial charge in [0.25, 0.3) is 0 Å². The van der Waals surface area contributed by atoms with Crippen LogP contribution >= 0.6 is 0 Å². The molecule has 3 aromatic rings. The molecule has 1 aromatic heterocycles. The van der Waals surface area contributed by atoms with Gasteiger partial charge in [-0.2, -0.15) is 0 Å². The third kappa shape index (κ3) is 7.06. The first-order valence-corrected chi connectivity index (χ1v) is 11.0. The van der Waals surface area contributed by atoms with Crippen molar-refractivity contribution in [3.8, 4) is 34.0 Å². The maximum Gasteiger partial charge on any atom is 0.159 e. The molecule has 3 rings (SSSR count). The highest BCUT2D eigenvalue weighted by Gasteiger charge is 2.10. The van der Waals surface area contributed by atoms with Crippen molar-refractivity contribution < 1.29 is 13.9 Å². The summed E-state index contributed by atoms with van der Waals surface area (Å²) in [4.78, 5) is 9.01. The van der Waals surface area contributed by atoms with Crippen molar-refractivity contribution >= 4 is 0 Å². The number of hydrogen-bond donors (Lipinski definition) is 0. The highest BCUT2D eigenvalue weighted by molar-refractivity contribution is 5.64. The third-order valence-electron chi connectivity index (χ3n) is 4.88. The zero-order chi connectivity index (χ0) is 22.1. The van der Waals surface area contributed by atoms with Gasteiger partial charge in [0.1, 0.15) is 24.3 Å². The average Bonchev–Trinajstić information content (AvgIpc) is 2.78. The summed E-state index contributed by atoms with van der Waals surface area (Å²) in [6, 6.07) is 15.4. The van der Waals surface area contributed by atoms with Crippen molar-refractivity contribution in [1.82, 2.24) is 9.97 Å². The van der Waals surface area contributed by atoms with Gasteiger partial charge in [0.15, 0.2) is 5.82 Å². The Bertz CT molecular complexity index is 910. The maximum absolute atomic E-state index is 13.8. The molecular formula is C26H31FN2O2. The molecule has 0 saturated heterocycles. The number of ether oxygens (including phenoxy) is 2. The first-order chi connectivity index (χ1) is 15.0. The SMILES string of the molecule is CCCCOc1ccc(-c2ncc(-c3ccc(OCC(F)CC(C)C)cc3)cn2)cc1. The molecule has 5 heteroatoms. The van der Waals surface area contributed by atoms with Crippen molar-refractivity contribution in [2.75, 3.05) is 13.2 Å². The second-order valence-electron chi connectivity index (χ2n) is 8.08. The highest BCUT2D eigenvalue weighted by Crippen LogP contribution is 2.24. The van der Waals surface area contributed by atoms with Gasteiger partial charge in [-0.1, -0.05) is 39.3 Å². The molecule has 164 valence electrons. The largest absolute Gasteiger partial charge is 0.494 e. The Labute approximate surface area is 184 Å². The van der Waals surface area contributed by atoms with Gasteiger partial charge in [-0.05, 0) is 60.7 Å². The minimum Gasteiger partial charge on any atom is -0.494 e. The van der Waals surface area contributed by atoms with Crippen LogP contribution in [0.2, 0.25) is 0 Å². The van der Waals surface area contributed by atoms with E-state index < -0.39 is 6.17 Å². The van der Waals surface area contributed by atoms with Crippen LogP contribution in [0.5, 0.6) is 11.5 Å². The molecule has 2 aromatic carbocycles. The molecule has 0 amide bonds. The quantitative estimate of drug-likeness (QED) is 0.321. The Balaban J connectivity index is 1.58. The summed E-state index contributed by atoms with van der Waals surface area (Å²) in [5.41, 5.74) is 2.84. The standard InChI is InChI=1S/C26H31FN2O2/c1-4-5-14-30-24-12-8-21(9-13-24)26-28-16-22(17-29-26)20-6-10-25(11-7-20)31-18-23(27)15-19(2)3/h6-13,16-17,19,23H,4-5,14-15,18H2,1-3H3. The molecule has 1 atom stereocenters. The molecular weight excluding hydrogens is 391 g/mol. The fourth-order valence-corrected chi connectivity index (χ4v) is 3.17. The number of unbranched alkanes of at least 4 members (excludes halogenated alkanes) is 1. The van der Waals surface area contributed by atoms with Gasteiger partial charge >= 0.3 is 0 Å². The van der Waals surface area contributed by atoms with E-state index in [9.17, 15) is 4.39 Å². The molecule has 0 aliphatic rings. The van der Waals surface area contributed by atoms with Crippen LogP contribution in [0.3, 0.4) is 0 Å². The first-order valence-electron chi connectivity index (χ1n) is 11.0. The van der Waals surface area contributed by atoms with Gasteiger partial charge < -0.3 is 9.47 Å². The van der Waals surface area contributed by atoms with Crippen molar-refractivity contribution in [1.29, 1.82) is 0 Å². The number of nitrogens with zero attached hydrogens (tertiary/aromatic N) is 2. The summed E-state index contributed by atoms with van der Waals surface area (Å²) in [6.45, 7) is 6.97. The van der Waals surface area contributed by atoms with Gasteiger partial charge in [0, 0.05) is 23.5 Å². The topological polar surface area (TPSA) is 44.2 Å². The van der Waals surface area contributed by atoms with Crippen LogP contribution in [0.25, 0.3) is 22.5 Å². The number of aromatic nitrogens is 2. The predicted molar refractivity (Wildman–Crippen MR) is 123 cm³/mol. The van der Waals surface area contributed by atoms with E-state index >= 15 is 0 Å². The Morgan fingerprint density at radius 1 is 0.806 bits per heavy atom. The zero-order valence-electron chi connectivity index (χ0n) is 18.6. The molecule has 0 aliphatic heterocycles. The lowest BCUT2D eigenvalue weighted by atomic mass is 10.1. The van der Waals surface area contributed by atoms with Crippen LogP contribution in [0.1, 0.15) is 40.0 Å².